The second-order valence-electron chi connectivity index (χ2n) is 10.2. The number of unbranched alkanes of at least 4 members (excludes halogenated alkanes) is 5. The van der Waals surface area contributed by atoms with Crippen LogP contribution in [0.25, 0.3) is 11.0 Å². The van der Waals surface area contributed by atoms with Gasteiger partial charge in [0.1, 0.15) is 12.3 Å². The molecule has 2 aromatic carbocycles. The number of imidazole rings is 1. The fraction of sp³-hybridized carbons (Fsp3) is 0.455. The van der Waals surface area contributed by atoms with Gasteiger partial charge < -0.3 is 26.3 Å². The molecule has 0 N–H and O–H groups in total. The SMILES string of the molecule is CCCCCc1ccc(OCCCC[n+]2ccc3c(c2)ncn3Cc2ccccc2)c(CCCCC)c1.[Br-]. The maximum absolute atomic E-state index is 6.29. The number of benzene rings is 2. The molecule has 0 saturated heterocycles. The number of ether oxygens (including phenoxy) is 1. The zero-order valence-electron chi connectivity index (χ0n) is 23.2. The van der Waals surface area contributed by atoms with Gasteiger partial charge in [0.2, 0.25) is 0 Å². The summed E-state index contributed by atoms with van der Waals surface area (Å²) in [6, 6.07) is 19.6. The third-order valence-corrected chi connectivity index (χ3v) is 7.13. The standard InChI is InChI=1S/C33H44N3O.BrH/c1-3-5-8-14-28-18-19-33(30(24-28)17-9-6-4-2)37-23-13-12-21-35-22-20-32-31(26-35)34-27-36(32)25-29-15-10-7-11-16-29;/h7,10-11,15-16,18-20,22,24,26-27H,3-6,8-9,12-14,17,21,23,25H2,1-2H3;1H/q+1;/p-1. The van der Waals surface area contributed by atoms with Crippen molar-refractivity contribution in [2.24, 2.45) is 0 Å². The Morgan fingerprint density at radius 3 is 2.39 bits per heavy atom. The molecule has 4 nitrogen and oxygen atoms in total. The molecule has 0 aliphatic heterocycles. The highest BCUT2D eigenvalue weighted by molar-refractivity contribution is 5.73. The average molecular weight is 579 g/mol. The molecule has 0 aliphatic carbocycles. The molecule has 4 aromatic rings. The minimum absolute atomic E-state index is 0. The molecule has 0 aliphatic rings. The molecule has 0 atom stereocenters. The van der Waals surface area contributed by atoms with E-state index in [1.807, 2.05) is 6.33 Å². The van der Waals surface area contributed by atoms with Crippen LogP contribution in [0.5, 0.6) is 5.75 Å². The first kappa shape index (κ1) is 29.9. The maximum Gasteiger partial charge on any atom is 0.196 e. The van der Waals surface area contributed by atoms with E-state index < -0.39 is 0 Å². The van der Waals surface area contributed by atoms with E-state index in [-0.39, 0.29) is 17.0 Å². The van der Waals surface area contributed by atoms with Crippen molar-refractivity contribution in [1.82, 2.24) is 9.55 Å². The third kappa shape index (κ3) is 8.97. The number of aromatic nitrogens is 3. The van der Waals surface area contributed by atoms with Gasteiger partial charge >= 0.3 is 0 Å². The van der Waals surface area contributed by atoms with Crippen LogP contribution < -0.4 is 26.3 Å². The van der Waals surface area contributed by atoms with Gasteiger partial charge in [-0.1, -0.05) is 82.0 Å². The Morgan fingerprint density at radius 1 is 0.816 bits per heavy atom. The number of fused-ring (bicyclic) bond motifs is 1. The van der Waals surface area contributed by atoms with E-state index in [2.05, 4.69) is 95.0 Å². The van der Waals surface area contributed by atoms with Crippen molar-refractivity contribution < 1.29 is 26.3 Å². The first-order valence-corrected chi connectivity index (χ1v) is 14.4. The Hall–Kier alpha value is -2.66. The number of halogens is 1. The van der Waals surface area contributed by atoms with Gasteiger partial charge in [-0.15, -0.1) is 0 Å². The molecule has 2 aromatic heterocycles. The number of hydrogen-bond acceptors (Lipinski definition) is 2. The van der Waals surface area contributed by atoms with E-state index in [0.717, 1.165) is 50.2 Å². The fourth-order valence-electron chi connectivity index (χ4n) is 4.95. The number of aryl methyl sites for hydroxylation is 3. The van der Waals surface area contributed by atoms with Crippen LogP contribution in [0.3, 0.4) is 0 Å². The van der Waals surface area contributed by atoms with Crippen LogP contribution >= 0.6 is 0 Å². The summed E-state index contributed by atoms with van der Waals surface area (Å²) in [6.45, 7) is 7.13. The second kappa shape index (κ2) is 16.3. The normalized spacial score (nSPS) is 11.0. The summed E-state index contributed by atoms with van der Waals surface area (Å²) in [5.74, 6) is 1.09. The smallest absolute Gasteiger partial charge is 0.196 e. The molecule has 0 fully saturated rings. The quantitative estimate of drug-likeness (QED) is 0.143. The monoisotopic (exact) mass is 577 g/mol. The van der Waals surface area contributed by atoms with Crippen molar-refractivity contribution in [2.45, 2.75) is 91.1 Å². The molecule has 0 spiro atoms. The van der Waals surface area contributed by atoms with E-state index in [1.165, 1.54) is 67.2 Å². The molecule has 204 valence electrons. The lowest BCUT2D eigenvalue weighted by atomic mass is 10.00. The summed E-state index contributed by atoms with van der Waals surface area (Å²) in [4.78, 5) is 4.65. The van der Waals surface area contributed by atoms with Crippen LogP contribution in [0.2, 0.25) is 0 Å². The second-order valence-corrected chi connectivity index (χ2v) is 10.2. The summed E-state index contributed by atoms with van der Waals surface area (Å²) in [5, 5.41) is 0. The van der Waals surface area contributed by atoms with Crippen LogP contribution in [-0.4, -0.2) is 16.2 Å². The molecule has 0 unspecified atom stereocenters. The van der Waals surface area contributed by atoms with Gasteiger partial charge in [-0.2, -0.15) is 0 Å². The van der Waals surface area contributed by atoms with E-state index in [9.17, 15) is 0 Å². The third-order valence-electron chi connectivity index (χ3n) is 7.13. The summed E-state index contributed by atoms with van der Waals surface area (Å²) in [6.07, 6.45) is 18.4. The van der Waals surface area contributed by atoms with Crippen molar-refractivity contribution in [3.05, 3.63) is 90.0 Å². The van der Waals surface area contributed by atoms with Crippen LogP contribution in [0, 0.1) is 0 Å². The van der Waals surface area contributed by atoms with Crippen molar-refractivity contribution in [2.75, 3.05) is 6.61 Å². The minimum atomic E-state index is 0. The maximum atomic E-state index is 6.29. The number of hydrogen-bond donors (Lipinski definition) is 0. The van der Waals surface area contributed by atoms with E-state index >= 15 is 0 Å². The van der Waals surface area contributed by atoms with Crippen molar-refractivity contribution in [3.8, 4) is 5.75 Å². The number of rotatable bonds is 16. The van der Waals surface area contributed by atoms with Crippen LogP contribution in [-0.2, 0) is 25.9 Å². The molecular weight excluding hydrogens is 534 g/mol. The van der Waals surface area contributed by atoms with E-state index in [0.29, 0.717) is 0 Å². The van der Waals surface area contributed by atoms with Gasteiger partial charge in [-0.05, 0) is 54.9 Å². The number of pyridine rings is 1. The van der Waals surface area contributed by atoms with Crippen LogP contribution in [0.1, 0.15) is 81.9 Å². The van der Waals surface area contributed by atoms with Crippen LogP contribution in [0.4, 0.5) is 0 Å². The minimum Gasteiger partial charge on any atom is -1.00 e. The molecule has 0 radical (unpaired) electrons. The van der Waals surface area contributed by atoms with Gasteiger partial charge in [0.05, 0.1) is 18.5 Å². The molecule has 4 rings (SSSR count). The lowest BCUT2D eigenvalue weighted by Gasteiger charge is -2.13. The molecule has 2 heterocycles. The van der Waals surface area contributed by atoms with E-state index in [4.69, 9.17) is 4.74 Å². The van der Waals surface area contributed by atoms with Gasteiger partial charge in [-0.3, -0.25) is 0 Å². The first-order valence-electron chi connectivity index (χ1n) is 14.4. The average Bonchev–Trinajstić information content (AvgIpc) is 3.32. The summed E-state index contributed by atoms with van der Waals surface area (Å²) in [5.41, 5.74) is 6.37. The van der Waals surface area contributed by atoms with Crippen molar-refractivity contribution in [1.29, 1.82) is 0 Å². The van der Waals surface area contributed by atoms with Crippen molar-refractivity contribution in [3.63, 3.8) is 0 Å². The highest BCUT2D eigenvalue weighted by atomic mass is 79.9. The molecule has 0 saturated carbocycles. The summed E-state index contributed by atoms with van der Waals surface area (Å²) in [7, 11) is 0. The van der Waals surface area contributed by atoms with Gasteiger partial charge in [0.25, 0.3) is 0 Å². The van der Waals surface area contributed by atoms with Gasteiger partial charge in [0, 0.05) is 19.0 Å². The zero-order valence-corrected chi connectivity index (χ0v) is 24.8. The van der Waals surface area contributed by atoms with Crippen LogP contribution in [0.15, 0.2) is 73.3 Å². The number of nitrogens with zero attached hydrogens (tertiary/aromatic N) is 3. The Morgan fingerprint density at radius 2 is 1.61 bits per heavy atom. The molecular formula is C33H44BrN3O. The zero-order chi connectivity index (χ0) is 25.7. The van der Waals surface area contributed by atoms with Gasteiger partial charge in [0.15, 0.2) is 17.9 Å². The van der Waals surface area contributed by atoms with Crippen molar-refractivity contribution >= 4 is 11.0 Å². The molecule has 38 heavy (non-hydrogen) atoms. The Kier molecular flexibility index (Phi) is 12.8. The molecule has 0 bridgehead atoms. The molecule has 5 heteroatoms. The predicted octanol–water partition coefficient (Wildman–Crippen LogP) is 4.70. The summed E-state index contributed by atoms with van der Waals surface area (Å²) < 4.78 is 10.8. The topological polar surface area (TPSA) is 30.9 Å². The first-order chi connectivity index (χ1) is 18.3. The molecule has 0 amide bonds. The van der Waals surface area contributed by atoms with Gasteiger partial charge in [-0.25, -0.2) is 9.55 Å². The fourth-order valence-corrected chi connectivity index (χ4v) is 4.95. The Balaban J connectivity index is 0.00000400. The predicted molar refractivity (Wildman–Crippen MR) is 153 cm³/mol. The van der Waals surface area contributed by atoms with E-state index in [1.54, 1.807) is 0 Å². The Bertz CT molecular complexity index is 1220. The highest BCUT2D eigenvalue weighted by Crippen LogP contribution is 2.24. The lowest BCUT2D eigenvalue weighted by molar-refractivity contribution is -0.696. The lowest BCUT2D eigenvalue weighted by Crippen LogP contribution is -3.00. The summed E-state index contributed by atoms with van der Waals surface area (Å²) >= 11 is 0. The highest BCUT2D eigenvalue weighted by Gasteiger charge is 2.10. The Labute approximate surface area is 239 Å². The largest absolute Gasteiger partial charge is 1.00 e.